The van der Waals surface area contributed by atoms with Gasteiger partial charge in [0, 0.05) is 38.1 Å². The number of aryl methyl sites for hydroxylation is 1. The molecule has 0 spiro atoms. The minimum atomic E-state index is -3.81. The molecule has 218 valence electrons. The van der Waals surface area contributed by atoms with Crippen molar-refractivity contribution in [2.75, 3.05) is 30.8 Å². The Morgan fingerprint density at radius 2 is 1.95 bits per heavy atom. The topological polar surface area (TPSA) is 118 Å². The van der Waals surface area contributed by atoms with E-state index in [4.69, 9.17) is 11.6 Å². The molecule has 1 aliphatic heterocycles. The van der Waals surface area contributed by atoms with Gasteiger partial charge in [-0.25, -0.2) is 27.2 Å². The van der Waals surface area contributed by atoms with Crippen molar-refractivity contribution in [1.29, 1.82) is 0 Å². The average molecular weight is 611 g/mol. The van der Waals surface area contributed by atoms with Crippen LogP contribution in [0.3, 0.4) is 0 Å². The molecule has 0 N–H and O–H groups in total. The predicted molar refractivity (Wildman–Crippen MR) is 159 cm³/mol. The smallest absolute Gasteiger partial charge is 0.350 e. The number of pyridine rings is 2. The second-order valence-corrected chi connectivity index (χ2v) is 12.4. The summed E-state index contributed by atoms with van der Waals surface area (Å²) in [4.78, 5) is 42.7. The van der Waals surface area contributed by atoms with Crippen molar-refractivity contribution >= 4 is 44.2 Å². The molecule has 3 aromatic heterocycles. The quantitative estimate of drug-likeness (QED) is 0.302. The summed E-state index contributed by atoms with van der Waals surface area (Å²) in [6.45, 7) is 8.20. The first-order valence-corrected chi connectivity index (χ1v) is 15.5. The third-order valence-corrected chi connectivity index (χ3v) is 8.69. The summed E-state index contributed by atoms with van der Waals surface area (Å²) in [7, 11) is -3.81. The second-order valence-electron chi connectivity index (χ2n) is 10.00. The van der Waals surface area contributed by atoms with Gasteiger partial charge in [-0.15, -0.1) is 0 Å². The number of anilines is 1. The van der Waals surface area contributed by atoms with E-state index in [0.29, 0.717) is 31.6 Å². The third kappa shape index (κ3) is 5.16. The Balaban J connectivity index is 1.86. The van der Waals surface area contributed by atoms with Gasteiger partial charge in [-0.3, -0.25) is 9.78 Å². The van der Waals surface area contributed by atoms with Crippen molar-refractivity contribution in [3.8, 4) is 17.1 Å². The van der Waals surface area contributed by atoms with E-state index in [1.807, 2.05) is 18.7 Å². The Morgan fingerprint density at radius 1 is 1.19 bits per heavy atom. The van der Waals surface area contributed by atoms with Gasteiger partial charge in [-0.1, -0.05) is 37.2 Å². The minimum absolute atomic E-state index is 0.00860. The molecule has 0 unspecified atom stereocenters. The summed E-state index contributed by atoms with van der Waals surface area (Å²) in [5, 5.41) is 0.331. The Bertz CT molecular complexity index is 1910. The molecule has 0 bridgehead atoms. The number of nitrogens with zero attached hydrogens (tertiary/aromatic N) is 6. The molecule has 1 amide bonds. The molecule has 1 fully saturated rings. The van der Waals surface area contributed by atoms with Gasteiger partial charge in [0.15, 0.2) is 21.3 Å². The first-order valence-electron chi connectivity index (χ1n) is 13.2. The van der Waals surface area contributed by atoms with Crippen LogP contribution in [0.5, 0.6) is 0 Å². The zero-order valence-corrected chi connectivity index (χ0v) is 24.8. The van der Waals surface area contributed by atoms with E-state index in [2.05, 4.69) is 21.5 Å². The van der Waals surface area contributed by atoms with Crippen LogP contribution in [-0.4, -0.2) is 70.7 Å². The van der Waals surface area contributed by atoms with E-state index in [0.717, 1.165) is 10.8 Å². The molecule has 5 rings (SSSR count). The van der Waals surface area contributed by atoms with Crippen LogP contribution in [-0.2, 0) is 21.1 Å². The van der Waals surface area contributed by atoms with Gasteiger partial charge >= 0.3 is 5.69 Å². The number of fused-ring (bicyclic) bond motifs is 1. The molecule has 0 aliphatic carbocycles. The standard InChI is InChI=1S/C29H28ClFN6O4S/c1-5-18-9-7-11-22(42(4,40)41)26(18)37-28-19(15-21(31)25(33-28)24-20(30)10-8-12-32-24)27(34-29(37)39)36-14-13-35(16-17(36)3)23(38)6-2/h6-12,15,17H,2,5,13-14,16H2,1,3-4H3/t17-/m0/s1. The fourth-order valence-electron chi connectivity index (χ4n) is 5.26. The number of halogens is 2. The second kappa shape index (κ2) is 11.3. The molecule has 1 atom stereocenters. The number of aromatic nitrogens is 4. The van der Waals surface area contributed by atoms with Crippen molar-refractivity contribution in [1.82, 2.24) is 24.4 Å². The molecule has 1 aromatic carbocycles. The number of rotatable bonds is 6. The van der Waals surface area contributed by atoms with Gasteiger partial charge in [-0.05, 0) is 49.2 Å². The van der Waals surface area contributed by atoms with Gasteiger partial charge in [0.1, 0.15) is 17.2 Å². The van der Waals surface area contributed by atoms with E-state index in [9.17, 15) is 18.0 Å². The maximum absolute atomic E-state index is 15.8. The molecular weight excluding hydrogens is 583 g/mol. The number of benzene rings is 1. The number of amides is 1. The van der Waals surface area contributed by atoms with E-state index < -0.39 is 21.3 Å². The SMILES string of the molecule is C=CC(=O)N1CCN(c2nc(=O)n(-c3c(CC)cccc3S(C)(=O)=O)c3nc(-c4ncccc4Cl)c(F)cc23)[C@@H](C)C1. The van der Waals surface area contributed by atoms with Crippen LogP contribution >= 0.6 is 11.6 Å². The van der Waals surface area contributed by atoms with Gasteiger partial charge in [-0.2, -0.15) is 4.98 Å². The lowest BCUT2D eigenvalue weighted by molar-refractivity contribution is -0.126. The van der Waals surface area contributed by atoms with Crippen LogP contribution in [0.1, 0.15) is 19.4 Å². The number of para-hydroxylation sites is 1. The summed E-state index contributed by atoms with van der Waals surface area (Å²) < 4.78 is 42.8. The molecule has 13 heteroatoms. The molecule has 0 saturated carbocycles. The lowest BCUT2D eigenvalue weighted by atomic mass is 10.1. The summed E-state index contributed by atoms with van der Waals surface area (Å²) >= 11 is 6.35. The van der Waals surface area contributed by atoms with Crippen LogP contribution in [0.2, 0.25) is 5.02 Å². The fourth-order valence-corrected chi connectivity index (χ4v) is 6.37. The van der Waals surface area contributed by atoms with Crippen molar-refractivity contribution in [2.24, 2.45) is 0 Å². The maximum atomic E-state index is 15.8. The monoisotopic (exact) mass is 610 g/mol. The van der Waals surface area contributed by atoms with Crippen LogP contribution in [0.25, 0.3) is 28.1 Å². The van der Waals surface area contributed by atoms with E-state index in [1.165, 1.54) is 24.4 Å². The highest BCUT2D eigenvalue weighted by Gasteiger charge is 2.31. The van der Waals surface area contributed by atoms with E-state index in [-0.39, 0.29) is 55.8 Å². The average Bonchev–Trinajstić information content (AvgIpc) is 2.96. The van der Waals surface area contributed by atoms with Crippen LogP contribution in [0, 0.1) is 5.82 Å². The lowest BCUT2D eigenvalue weighted by Crippen LogP contribution is -2.54. The maximum Gasteiger partial charge on any atom is 0.355 e. The third-order valence-electron chi connectivity index (χ3n) is 7.26. The summed E-state index contributed by atoms with van der Waals surface area (Å²) in [6.07, 6.45) is 4.13. The predicted octanol–water partition coefficient (Wildman–Crippen LogP) is 3.82. The Kier molecular flexibility index (Phi) is 7.86. The molecule has 1 saturated heterocycles. The normalized spacial score (nSPS) is 15.7. The first-order chi connectivity index (χ1) is 20.0. The van der Waals surface area contributed by atoms with Crippen molar-refractivity contribution in [3.05, 3.63) is 82.1 Å². The molecule has 0 radical (unpaired) electrons. The van der Waals surface area contributed by atoms with Crippen LogP contribution in [0.4, 0.5) is 10.2 Å². The zero-order valence-electron chi connectivity index (χ0n) is 23.2. The van der Waals surface area contributed by atoms with Gasteiger partial charge < -0.3 is 9.80 Å². The van der Waals surface area contributed by atoms with Crippen molar-refractivity contribution in [3.63, 3.8) is 0 Å². The molecular formula is C29H28ClFN6O4S. The zero-order chi connectivity index (χ0) is 30.3. The highest BCUT2D eigenvalue weighted by atomic mass is 35.5. The largest absolute Gasteiger partial charge is 0.355 e. The van der Waals surface area contributed by atoms with Crippen LogP contribution < -0.4 is 10.6 Å². The fraction of sp³-hybridized carbons (Fsp3) is 0.276. The number of hydrogen-bond acceptors (Lipinski definition) is 8. The summed E-state index contributed by atoms with van der Waals surface area (Å²) in [5.74, 6) is -0.801. The molecule has 10 nitrogen and oxygen atoms in total. The first kappa shape index (κ1) is 29.3. The van der Waals surface area contributed by atoms with Gasteiger partial charge in [0.05, 0.1) is 21.0 Å². The van der Waals surface area contributed by atoms with E-state index >= 15 is 4.39 Å². The summed E-state index contributed by atoms with van der Waals surface area (Å²) in [5.41, 5.74) is -0.286. The van der Waals surface area contributed by atoms with Crippen molar-refractivity contribution < 1.29 is 17.6 Å². The van der Waals surface area contributed by atoms with E-state index in [1.54, 1.807) is 29.2 Å². The van der Waals surface area contributed by atoms with Crippen LogP contribution in [0.15, 0.2) is 64.9 Å². The number of hydrogen-bond donors (Lipinski definition) is 0. The highest BCUT2D eigenvalue weighted by Crippen LogP contribution is 2.34. The number of carbonyl (C=O) groups is 1. The van der Waals surface area contributed by atoms with Crippen molar-refractivity contribution in [2.45, 2.75) is 31.2 Å². The Labute approximate surface area is 247 Å². The minimum Gasteiger partial charge on any atom is -0.350 e. The molecule has 1 aliphatic rings. The summed E-state index contributed by atoms with van der Waals surface area (Å²) in [6, 6.07) is 8.78. The van der Waals surface area contributed by atoms with Gasteiger partial charge in [0.25, 0.3) is 0 Å². The molecule has 42 heavy (non-hydrogen) atoms. The molecule has 4 aromatic rings. The molecule has 4 heterocycles. The Morgan fingerprint density at radius 3 is 2.60 bits per heavy atom. The number of piperazine rings is 1. The number of sulfone groups is 1. The number of carbonyl (C=O) groups excluding carboxylic acids is 1. The van der Waals surface area contributed by atoms with Gasteiger partial charge in [0.2, 0.25) is 5.91 Å². The lowest BCUT2D eigenvalue weighted by Gasteiger charge is -2.40. The Hall–Kier alpha value is -4.16. The highest BCUT2D eigenvalue weighted by molar-refractivity contribution is 7.90.